The molecule has 0 fully saturated rings. The first-order valence-corrected chi connectivity index (χ1v) is 8.57. The summed E-state index contributed by atoms with van der Waals surface area (Å²) in [4.78, 5) is 17.7. The zero-order valence-corrected chi connectivity index (χ0v) is 15.0. The average molecular weight is 348 g/mol. The molecule has 1 aromatic heterocycles. The standard InChI is InChI=1S/C20H20N4O2/c1-20(2)8-14(25)17-15(9-20)26-18(22)11(10-21)16(17)19-23-12-6-4-5-7-13(12)24(19)3/h4-7,16H,8-9,22H2,1-3H3. The average Bonchev–Trinajstić information content (AvgIpc) is 2.89. The predicted octanol–water partition coefficient (Wildman–Crippen LogP) is 3.02. The quantitative estimate of drug-likeness (QED) is 0.855. The molecule has 2 aliphatic rings. The molecule has 2 N–H and O–H groups in total. The molecule has 2 heterocycles. The summed E-state index contributed by atoms with van der Waals surface area (Å²) in [6.45, 7) is 4.06. The zero-order chi connectivity index (χ0) is 18.6. The van der Waals surface area contributed by atoms with Crippen LogP contribution in [0.15, 0.2) is 47.1 Å². The van der Waals surface area contributed by atoms with Crippen LogP contribution in [0, 0.1) is 16.7 Å². The van der Waals surface area contributed by atoms with Gasteiger partial charge in [0, 0.05) is 25.5 Å². The first-order valence-electron chi connectivity index (χ1n) is 8.57. The SMILES string of the molecule is Cn1c(C2C(C#N)=C(N)OC3=C2C(=O)CC(C)(C)C3)nc2ccccc21. The Hall–Kier alpha value is -3.07. The molecular weight excluding hydrogens is 328 g/mol. The lowest BCUT2D eigenvalue weighted by Gasteiger charge is -2.36. The van der Waals surface area contributed by atoms with Crippen LogP contribution in [-0.4, -0.2) is 15.3 Å². The van der Waals surface area contributed by atoms with Crippen LogP contribution in [0.1, 0.15) is 38.4 Å². The Kier molecular flexibility index (Phi) is 3.45. The number of para-hydroxylation sites is 2. The van der Waals surface area contributed by atoms with Crippen LogP contribution in [0.25, 0.3) is 11.0 Å². The first kappa shape index (κ1) is 16.4. The maximum absolute atomic E-state index is 13.0. The Morgan fingerprint density at radius 3 is 2.77 bits per heavy atom. The molecule has 1 aliphatic heterocycles. The lowest BCUT2D eigenvalue weighted by molar-refractivity contribution is -0.119. The number of benzene rings is 1. The molecule has 1 atom stereocenters. The molecule has 0 amide bonds. The maximum atomic E-state index is 13.0. The van der Waals surface area contributed by atoms with Crippen LogP contribution in [0.3, 0.4) is 0 Å². The Morgan fingerprint density at radius 2 is 2.08 bits per heavy atom. The van der Waals surface area contributed by atoms with Crippen molar-refractivity contribution in [2.75, 3.05) is 0 Å². The summed E-state index contributed by atoms with van der Waals surface area (Å²) in [6, 6.07) is 9.87. The van der Waals surface area contributed by atoms with Crippen molar-refractivity contribution >= 4 is 16.8 Å². The lowest BCUT2D eigenvalue weighted by Crippen LogP contribution is -2.34. The van der Waals surface area contributed by atoms with E-state index >= 15 is 0 Å². The number of nitrogens with zero attached hydrogens (tertiary/aromatic N) is 3. The van der Waals surface area contributed by atoms with Crippen LogP contribution >= 0.6 is 0 Å². The molecule has 6 nitrogen and oxygen atoms in total. The van der Waals surface area contributed by atoms with Gasteiger partial charge in [0.05, 0.1) is 17.0 Å². The van der Waals surface area contributed by atoms with Gasteiger partial charge >= 0.3 is 0 Å². The monoisotopic (exact) mass is 348 g/mol. The molecule has 0 saturated carbocycles. The van der Waals surface area contributed by atoms with Crippen LogP contribution in [0.4, 0.5) is 0 Å². The first-order chi connectivity index (χ1) is 12.3. The summed E-state index contributed by atoms with van der Waals surface area (Å²) in [6.07, 6.45) is 1.02. The van der Waals surface area contributed by atoms with E-state index in [0.29, 0.717) is 30.0 Å². The molecular formula is C20H20N4O2. The number of fused-ring (bicyclic) bond motifs is 1. The number of hydrogen-bond donors (Lipinski definition) is 1. The minimum absolute atomic E-state index is 0.00597. The number of carbonyl (C=O) groups is 1. The highest BCUT2D eigenvalue weighted by atomic mass is 16.5. The van der Waals surface area contributed by atoms with Gasteiger partial charge in [-0.1, -0.05) is 26.0 Å². The van der Waals surface area contributed by atoms with E-state index in [4.69, 9.17) is 15.5 Å². The second-order valence-corrected chi connectivity index (χ2v) is 7.72. The van der Waals surface area contributed by atoms with E-state index < -0.39 is 5.92 Å². The van der Waals surface area contributed by atoms with Gasteiger partial charge < -0.3 is 15.0 Å². The van der Waals surface area contributed by atoms with Gasteiger partial charge in [0.15, 0.2) is 5.78 Å². The van der Waals surface area contributed by atoms with Crippen LogP contribution in [0.2, 0.25) is 0 Å². The van der Waals surface area contributed by atoms with Gasteiger partial charge in [0.25, 0.3) is 0 Å². The second kappa shape index (κ2) is 5.46. The summed E-state index contributed by atoms with van der Waals surface area (Å²) in [5.41, 5.74) is 8.38. The Balaban J connectivity index is 1.97. The van der Waals surface area contributed by atoms with Gasteiger partial charge in [-0.05, 0) is 17.5 Å². The van der Waals surface area contributed by atoms with Crippen molar-refractivity contribution < 1.29 is 9.53 Å². The number of ether oxygens (including phenoxy) is 1. The van der Waals surface area contributed by atoms with Crippen molar-refractivity contribution in [2.45, 2.75) is 32.6 Å². The topological polar surface area (TPSA) is 93.9 Å². The molecule has 0 spiro atoms. The van der Waals surface area contributed by atoms with E-state index in [1.54, 1.807) is 0 Å². The van der Waals surface area contributed by atoms with Gasteiger partial charge in [-0.25, -0.2) is 4.98 Å². The fraction of sp³-hybridized carbons (Fsp3) is 0.350. The van der Waals surface area contributed by atoms with E-state index in [-0.39, 0.29) is 22.7 Å². The van der Waals surface area contributed by atoms with Gasteiger partial charge in [0.2, 0.25) is 5.88 Å². The summed E-state index contributed by atoms with van der Waals surface area (Å²) >= 11 is 0. The Bertz CT molecular complexity index is 1050. The Labute approximate surface area is 151 Å². The summed E-state index contributed by atoms with van der Waals surface area (Å²) in [7, 11) is 1.89. The number of carbonyl (C=O) groups excluding carboxylic acids is 1. The number of rotatable bonds is 1. The van der Waals surface area contributed by atoms with Gasteiger partial charge in [-0.2, -0.15) is 5.26 Å². The molecule has 26 heavy (non-hydrogen) atoms. The fourth-order valence-electron chi connectivity index (χ4n) is 3.97. The number of aryl methyl sites for hydroxylation is 1. The predicted molar refractivity (Wildman–Crippen MR) is 96.4 cm³/mol. The highest BCUT2D eigenvalue weighted by Crippen LogP contribution is 2.47. The van der Waals surface area contributed by atoms with Gasteiger partial charge in [-0.3, -0.25) is 4.79 Å². The van der Waals surface area contributed by atoms with Crippen LogP contribution in [0.5, 0.6) is 0 Å². The molecule has 132 valence electrons. The number of nitrogens with two attached hydrogens (primary N) is 1. The van der Waals surface area contributed by atoms with Crippen molar-refractivity contribution in [2.24, 2.45) is 18.2 Å². The maximum Gasteiger partial charge on any atom is 0.205 e. The van der Waals surface area contributed by atoms with E-state index in [0.717, 1.165) is 11.0 Å². The zero-order valence-electron chi connectivity index (χ0n) is 15.0. The molecule has 0 radical (unpaired) electrons. The number of nitriles is 1. The Morgan fingerprint density at radius 1 is 1.35 bits per heavy atom. The molecule has 0 saturated heterocycles. The van der Waals surface area contributed by atoms with Crippen LogP contribution < -0.4 is 5.73 Å². The van der Waals surface area contributed by atoms with Crippen molar-refractivity contribution in [1.29, 1.82) is 5.26 Å². The van der Waals surface area contributed by atoms with Gasteiger partial charge in [-0.15, -0.1) is 0 Å². The van der Waals surface area contributed by atoms with Crippen molar-refractivity contribution in [1.82, 2.24) is 9.55 Å². The number of allylic oxidation sites excluding steroid dienone is 3. The fourth-order valence-corrected chi connectivity index (χ4v) is 3.97. The van der Waals surface area contributed by atoms with E-state index in [9.17, 15) is 10.1 Å². The molecule has 6 heteroatoms. The largest absolute Gasteiger partial charge is 0.444 e. The molecule has 1 aromatic carbocycles. The third kappa shape index (κ3) is 2.31. The third-order valence-electron chi connectivity index (χ3n) is 5.16. The van der Waals surface area contributed by atoms with E-state index in [1.807, 2.05) is 49.7 Å². The van der Waals surface area contributed by atoms with E-state index in [2.05, 4.69) is 6.07 Å². The number of hydrogen-bond acceptors (Lipinski definition) is 5. The molecule has 2 aromatic rings. The minimum Gasteiger partial charge on any atom is -0.444 e. The molecule has 1 unspecified atom stereocenters. The minimum atomic E-state index is -0.593. The molecule has 1 aliphatic carbocycles. The number of imidazole rings is 1. The smallest absolute Gasteiger partial charge is 0.205 e. The highest BCUT2D eigenvalue weighted by Gasteiger charge is 2.44. The molecule has 0 bridgehead atoms. The second-order valence-electron chi connectivity index (χ2n) is 7.72. The van der Waals surface area contributed by atoms with E-state index in [1.165, 1.54) is 0 Å². The lowest BCUT2D eigenvalue weighted by atomic mass is 9.71. The van der Waals surface area contributed by atoms with Crippen molar-refractivity contribution in [3.05, 3.63) is 52.9 Å². The number of ketones is 1. The number of Topliss-reactive ketones (excluding diaryl/α,β-unsaturated/α-hetero) is 1. The highest BCUT2D eigenvalue weighted by molar-refractivity contribution is 6.00. The third-order valence-corrected chi connectivity index (χ3v) is 5.16. The summed E-state index contributed by atoms with van der Waals surface area (Å²) < 4.78 is 7.65. The summed E-state index contributed by atoms with van der Waals surface area (Å²) in [5.74, 6) is 0.668. The number of aromatic nitrogens is 2. The summed E-state index contributed by atoms with van der Waals surface area (Å²) in [5, 5.41) is 9.70. The normalized spacial score (nSPS) is 22.2. The van der Waals surface area contributed by atoms with Crippen molar-refractivity contribution in [3.63, 3.8) is 0 Å². The van der Waals surface area contributed by atoms with Crippen LogP contribution in [-0.2, 0) is 16.6 Å². The van der Waals surface area contributed by atoms with Crippen molar-refractivity contribution in [3.8, 4) is 6.07 Å². The van der Waals surface area contributed by atoms with Gasteiger partial charge in [0.1, 0.15) is 23.2 Å². The molecule has 4 rings (SSSR count).